The summed E-state index contributed by atoms with van der Waals surface area (Å²) in [5.74, 6) is 0. The minimum Gasteiger partial charge on any atom is -0.406 e. The van der Waals surface area contributed by atoms with Gasteiger partial charge in [-0.25, -0.2) is 0 Å². The zero-order chi connectivity index (χ0) is 19.6. The highest BCUT2D eigenvalue weighted by Gasteiger charge is 2.49. The molecule has 0 N–H and O–H groups in total. The van der Waals surface area contributed by atoms with Crippen molar-refractivity contribution in [2.45, 2.75) is 45.1 Å². The van der Waals surface area contributed by atoms with Crippen molar-refractivity contribution in [3.8, 4) is 6.07 Å². The number of nitriles is 1. The molecule has 2 aromatic carbocycles. The highest BCUT2D eigenvalue weighted by molar-refractivity contribution is 6.99. The van der Waals surface area contributed by atoms with Crippen molar-refractivity contribution in [3.63, 3.8) is 0 Å². The van der Waals surface area contributed by atoms with Crippen LogP contribution >= 0.6 is 0 Å². The summed E-state index contributed by atoms with van der Waals surface area (Å²) in [7, 11) is -2.44. The molecule has 144 valence electrons. The van der Waals surface area contributed by atoms with E-state index in [0.717, 1.165) is 13.2 Å². The third-order valence-electron chi connectivity index (χ3n) is 4.78. The van der Waals surface area contributed by atoms with Gasteiger partial charge in [0.05, 0.1) is 12.5 Å². The molecule has 0 unspecified atom stereocenters. The third-order valence-corrected chi connectivity index (χ3v) is 9.82. The maximum atomic E-state index is 8.89. The summed E-state index contributed by atoms with van der Waals surface area (Å²) in [4.78, 5) is 0. The minimum atomic E-state index is -2.44. The molecule has 3 nitrogen and oxygen atoms in total. The summed E-state index contributed by atoms with van der Waals surface area (Å²) in [5, 5.41) is 11.4. The van der Waals surface area contributed by atoms with Crippen LogP contribution in [0, 0.1) is 11.3 Å². The molecular weight excluding hydrogens is 350 g/mol. The number of ether oxygens (including phenoxy) is 1. The molecule has 1 fully saturated rings. The molecule has 1 aliphatic rings. The smallest absolute Gasteiger partial charge is 0.261 e. The summed E-state index contributed by atoms with van der Waals surface area (Å²) >= 11 is 0. The first-order chi connectivity index (χ1) is 13.0. The average molecular weight is 382 g/mol. The summed E-state index contributed by atoms with van der Waals surface area (Å²) < 4.78 is 11.5. The van der Waals surface area contributed by atoms with Crippen molar-refractivity contribution in [1.29, 1.82) is 5.26 Å². The van der Waals surface area contributed by atoms with Crippen molar-refractivity contribution in [3.05, 3.63) is 60.7 Å². The molecule has 0 spiro atoms. The number of hydrogen-bond donors (Lipinski definition) is 0. The zero-order valence-electron chi connectivity index (χ0n) is 16.8. The van der Waals surface area contributed by atoms with Crippen LogP contribution in [0.5, 0.6) is 0 Å². The maximum Gasteiger partial charge on any atom is 0.261 e. The second-order valence-electron chi connectivity index (χ2n) is 7.74. The third kappa shape index (κ3) is 5.52. The SMILES string of the molecule is C1CCOC1.CC(C)(C)[Si](OCCC#N)(c1ccccc1)c1ccccc1. The molecule has 1 heterocycles. The lowest BCUT2D eigenvalue weighted by Crippen LogP contribution is -2.66. The molecule has 0 atom stereocenters. The Balaban J connectivity index is 0.000000451. The van der Waals surface area contributed by atoms with Gasteiger partial charge in [-0.1, -0.05) is 81.4 Å². The van der Waals surface area contributed by atoms with Gasteiger partial charge < -0.3 is 9.16 Å². The van der Waals surface area contributed by atoms with Crippen molar-refractivity contribution in [1.82, 2.24) is 0 Å². The van der Waals surface area contributed by atoms with Crippen LogP contribution in [0.3, 0.4) is 0 Å². The number of nitrogens with zero attached hydrogens (tertiary/aromatic N) is 1. The summed E-state index contributed by atoms with van der Waals surface area (Å²) in [6.07, 6.45) is 2.98. The number of benzene rings is 2. The standard InChI is InChI=1S/C19H23NOSi.C4H8O/c1-19(2,3)22(21-16-10-15-20,17-11-6-4-7-12-17)18-13-8-5-9-14-18;1-2-4-5-3-1/h4-9,11-14H,10,16H2,1-3H3;1-4H2. The Kier molecular flexibility index (Phi) is 8.24. The van der Waals surface area contributed by atoms with Gasteiger partial charge in [0.2, 0.25) is 0 Å². The van der Waals surface area contributed by atoms with Crippen LogP contribution in [-0.4, -0.2) is 28.1 Å². The maximum absolute atomic E-state index is 8.89. The Hall–Kier alpha value is -1.93. The van der Waals surface area contributed by atoms with E-state index in [0.29, 0.717) is 13.0 Å². The molecule has 0 aliphatic carbocycles. The second-order valence-corrected chi connectivity index (χ2v) is 12.0. The molecule has 2 aromatic rings. The van der Waals surface area contributed by atoms with E-state index >= 15 is 0 Å². The summed E-state index contributed by atoms with van der Waals surface area (Å²) in [6.45, 7) is 9.20. The molecule has 1 aliphatic heterocycles. The van der Waals surface area contributed by atoms with E-state index in [1.807, 2.05) is 12.1 Å². The molecule has 0 bridgehead atoms. The van der Waals surface area contributed by atoms with Crippen LogP contribution < -0.4 is 10.4 Å². The number of hydrogen-bond acceptors (Lipinski definition) is 3. The van der Waals surface area contributed by atoms with Gasteiger partial charge in [0.1, 0.15) is 0 Å². The Morgan fingerprint density at radius 2 is 1.41 bits per heavy atom. The predicted octanol–water partition coefficient (Wildman–Crippen LogP) is 4.27. The largest absolute Gasteiger partial charge is 0.406 e. The van der Waals surface area contributed by atoms with E-state index in [4.69, 9.17) is 14.4 Å². The first-order valence-electron chi connectivity index (χ1n) is 9.72. The first-order valence-corrected chi connectivity index (χ1v) is 11.6. The van der Waals surface area contributed by atoms with Gasteiger partial charge >= 0.3 is 0 Å². The molecule has 0 aromatic heterocycles. The van der Waals surface area contributed by atoms with Gasteiger partial charge in [0.25, 0.3) is 8.32 Å². The quantitative estimate of drug-likeness (QED) is 0.574. The molecule has 0 saturated carbocycles. The zero-order valence-corrected chi connectivity index (χ0v) is 17.8. The predicted molar refractivity (Wildman–Crippen MR) is 114 cm³/mol. The lowest BCUT2D eigenvalue weighted by Gasteiger charge is -2.42. The van der Waals surface area contributed by atoms with E-state index in [9.17, 15) is 0 Å². The molecular formula is C23H31NO2Si. The average Bonchev–Trinajstić information content (AvgIpc) is 3.26. The molecule has 0 radical (unpaired) electrons. The Morgan fingerprint density at radius 3 is 1.74 bits per heavy atom. The topological polar surface area (TPSA) is 42.2 Å². The first kappa shape index (κ1) is 21.4. The van der Waals surface area contributed by atoms with Crippen LogP contribution in [0.4, 0.5) is 0 Å². The molecule has 3 rings (SSSR count). The van der Waals surface area contributed by atoms with E-state index in [-0.39, 0.29) is 5.04 Å². The molecule has 1 saturated heterocycles. The Labute approximate surface area is 165 Å². The van der Waals surface area contributed by atoms with Crippen molar-refractivity contribution >= 4 is 18.7 Å². The monoisotopic (exact) mass is 381 g/mol. The normalized spacial score (nSPS) is 14.1. The van der Waals surface area contributed by atoms with Crippen LogP contribution in [-0.2, 0) is 9.16 Å². The van der Waals surface area contributed by atoms with Gasteiger partial charge in [0, 0.05) is 19.8 Å². The fraction of sp³-hybridized carbons (Fsp3) is 0.435. The van der Waals surface area contributed by atoms with Gasteiger partial charge in [-0.05, 0) is 28.3 Å². The van der Waals surface area contributed by atoms with Crippen LogP contribution in [0.2, 0.25) is 5.04 Å². The van der Waals surface area contributed by atoms with Gasteiger partial charge in [-0.15, -0.1) is 0 Å². The van der Waals surface area contributed by atoms with Crippen molar-refractivity contribution in [2.24, 2.45) is 0 Å². The second kappa shape index (κ2) is 10.4. The van der Waals surface area contributed by atoms with E-state index in [1.54, 1.807) is 0 Å². The highest BCUT2D eigenvalue weighted by atomic mass is 28.4. The van der Waals surface area contributed by atoms with E-state index in [1.165, 1.54) is 23.2 Å². The lowest BCUT2D eigenvalue weighted by molar-refractivity contribution is 0.198. The Morgan fingerprint density at radius 1 is 0.926 bits per heavy atom. The van der Waals surface area contributed by atoms with Crippen molar-refractivity contribution in [2.75, 3.05) is 19.8 Å². The fourth-order valence-electron chi connectivity index (χ4n) is 3.52. The Bertz CT molecular complexity index is 654. The van der Waals surface area contributed by atoms with E-state index < -0.39 is 8.32 Å². The lowest BCUT2D eigenvalue weighted by atomic mass is 10.2. The van der Waals surface area contributed by atoms with Crippen molar-refractivity contribution < 1.29 is 9.16 Å². The fourth-order valence-corrected chi connectivity index (χ4v) is 8.09. The molecule has 4 heteroatoms. The summed E-state index contributed by atoms with van der Waals surface area (Å²) in [6, 6.07) is 23.2. The minimum absolute atomic E-state index is 0.0227. The van der Waals surface area contributed by atoms with Crippen LogP contribution in [0.15, 0.2) is 60.7 Å². The number of rotatable bonds is 5. The van der Waals surface area contributed by atoms with Gasteiger partial charge in [0.15, 0.2) is 0 Å². The highest BCUT2D eigenvalue weighted by Crippen LogP contribution is 2.36. The van der Waals surface area contributed by atoms with Gasteiger partial charge in [-0.3, -0.25) is 0 Å². The van der Waals surface area contributed by atoms with E-state index in [2.05, 4.69) is 75.4 Å². The molecule has 27 heavy (non-hydrogen) atoms. The molecule has 0 amide bonds. The van der Waals surface area contributed by atoms with Crippen LogP contribution in [0.25, 0.3) is 0 Å². The summed E-state index contributed by atoms with van der Waals surface area (Å²) in [5.41, 5.74) is 0. The van der Waals surface area contributed by atoms with Crippen LogP contribution in [0.1, 0.15) is 40.0 Å². The van der Waals surface area contributed by atoms with Gasteiger partial charge in [-0.2, -0.15) is 5.26 Å².